The average molecular weight is 401 g/mol. The number of amides is 1. The molecular weight excluding hydrogens is 371 g/mol. The molecule has 1 aliphatic heterocycles. The molecule has 0 bridgehead atoms. The van der Waals surface area contributed by atoms with Crippen LogP contribution in [0.2, 0.25) is 0 Å². The molecule has 4 rings (SSSR count). The predicted molar refractivity (Wildman–Crippen MR) is 112 cm³/mol. The lowest BCUT2D eigenvalue weighted by atomic mass is 9.82. The van der Waals surface area contributed by atoms with Gasteiger partial charge < -0.3 is 9.80 Å². The summed E-state index contributed by atoms with van der Waals surface area (Å²) < 4.78 is 14.4. The van der Waals surface area contributed by atoms with E-state index in [2.05, 4.69) is 4.90 Å². The molecule has 3 nitrogen and oxygen atoms in total. The van der Waals surface area contributed by atoms with E-state index in [1.807, 2.05) is 41.6 Å². The van der Waals surface area contributed by atoms with Gasteiger partial charge in [0.15, 0.2) is 0 Å². The third kappa shape index (κ3) is 4.15. The van der Waals surface area contributed by atoms with Crippen molar-refractivity contribution in [3.05, 3.63) is 58.0 Å². The van der Waals surface area contributed by atoms with E-state index in [-0.39, 0.29) is 17.8 Å². The minimum absolute atomic E-state index is 0.0232. The van der Waals surface area contributed by atoms with Crippen LogP contribution in [0.25, 0.3) is 0 Å². The van der Waals surface area contributed by atoms with Gasteiger partial charge in [-0.2, -0.15) is 0 Å². The van der Waals surface area contributed by atoms with Crippen molar-refractivity contribution < 1.29 is 9.18 Å². The highest BCUT2D eigenvalue weighted by molar-refractivity contribution is 7.12. The maximum Gasteiger partial charge on any atom is 0.263 e. The van der Waals surface area contributed by atoms with Gasteiger partial charge in [0.25, 0.3) is 5.91 Å². The number of benzene rings is 1. The quantitative estimate of drug-likeness (QED) is 0.693. The topological polar surface area (TPSA) is 23.6 Å². The summed E-state index contributed by atoms with van der Waals surface area (Å²) in [6.45, 7) is 2.20. The van der Waals surface area contributed by atoms with E-state index in [1.165, 1.54) is 36.7 Å². The molecule has 5 heteroatoms. The number of likely N-dealkylation sites (N-methyl/N-ethyl adjacent to an activating group) is 1. The van der Waals surface area contributed by atoms with Crippen LogP contribution in [0.3, 0.4) is 0 Å². The average Bonchev–Trinajstić information content (AvgIpc) is 3.20. The van der Waals surface area contributed by atoms with Gasteiger partial charge >= 0.3 is 0 Å². The first-order chi connectivity index (χ1) is 13.6. The van der Waals surface area contributed by atoms with Gasteiger partial charge in [0, 0.05) is 19.1 Å². The first-order valence-electron chi connectivity index (χ1n) is 10.4. The van der Waals surface area contributed by atoms with Crippen LogP contribution in [0.4, 0.5) is 4.39 Å². The summed E-state index contributed by atoms with van der Waals surface area (Å²) >= 11 is 1.47. The van der Waals surface area contributed by atoms with Crippen LogP contribution in [0.15, 0.2) is 41.8 Å². The predicted octanol–water partition coefficient (Wildman–Crippen LogP) is 4.84. The Labute approximate surface area is 171 Å². The highest BCUT2D eigenvalue weighted by Gasteiger charge is 2.35. The Morgan fingerprint density at radius 3 is 2.54 bits per heavy atom. The van der Waals surface area contributed by atoms with Crippen LogP contribution < -0.4 is 0 Å². The number of halogens is 1. The Morgan fingerprint density at radius 1 is 1.18 bits per heavy atom. The Bertz CT molecular complexity index is 782. The molecule has 1 saturated heterocycles. The number of carbonyl (C=O) groups excluding carboxylic acids is 1. The zero-order valence-electron chi connectivity index (χ0n) is 16.5. The molecule has 0 radical (unpaired) electrons. The van der Waals surface area contributed by atoms with Gasteiger partial charge in [0.2, 0.25) is 0 Å². The van der Waals surface area contributed by atoms with Crippen LogP contribution in [-0.2, 0) is 6.42 Å². The first kappa shape index (κ1) is 19.6. The molecule has 1 aromatic carbocycles. The van der Waals surface area contributed by atoms with Gasteiger partial charge in [-0.3, -0.25) is 4.79 Å². The Kier molecular flexibility index (Phi) is 6.12. The number of hydrogen-bond donors (Lipinski definition) is 0. The summed E-state index contributed by atoms with van der Waals surface area (Å²) in [5.74, 6) is 0.291. The van der Waals surface area contributed by atoms with Crippen molar-refractivity contribution in [3.8, 4) is 0 Å². The molecule has 1 aromatic heterocycles. The third-order valence-corrected chi connectivity index (χ3v) is 7.50. The molecule has 28 heavy (non-hydrogen) atoms. The van der Waals surface area contributed by atoms with Crippen LogP contribution in [-0.4, -0.2) is 47.9 Å². The molecule has 2 aliphatic rings. The molecule has 0 spiro atoms. The minimum Gasteiger partial charge on any atom is -0.337 e. The van der Waals surface area contributed by atoms with Gasteiger partial charge in [-0.05, 0) is 74.2 Å². The van der Waals surface area contributed by atoms with Gasteiger partial charge in [-0.1, -0.05) is 30.7 Å². The molecule has 1 aliphatic carbocycles. The molecular formula is C23H29FN2OS. The van der Waals surface area contributed by atoms with E-state index in [4.69, 9.17) is 0 Å². The summed E-state index contributed by atoms with van der Waals surface area (Å²) in [6, 6.07) is 11.6. The van der Waals surface area contributed by atoms with E-state index >= 15 is 0 Å². The largest absolute Gasteiger partial charge is 0.337 e. The smallest absolute Gasteiger partial charge is 0.263 e. The number of piperidine rings is 1. The first-order valence-corrected chi connectivity index (χ1v) is 11.3. The summed E-state index contributed by atoms with van der Waals surface area (Å²) in [7, 11) is 1.89. The number of rotatable bonds is 6. The van der Waals surface area contributed by atoms with E-state index < -0.39 is 0 Å². The van der Waals surface area contributed by atoms with E-state index in [9.17, 15) is 9.18 Å². The monoisotopic (exact) mass is 400 g/mol. The maximum absolute atomic E-state index is 14.4. The van der Waals surface area contributed by atoms with Crippen molar-refractivity contribution >= 4 is 17.2 Å². The fourth-order valence-electron chi connectivity index (χ4n) is 4.65. The van der Waals surface area contributed by atoms with Crippen molar-refractivity contribution in [2.45, 2.75) is 50.6 Å². The lowest BCUT2D eigenvalue weighted by Gasteiger charge is -2.44. The number of likely N-dealkylation sites (tertiary alicyclic amines) is 1. The Hall–Kier alpha value is -1.72. The van der Waals surface area contributed by atoms with Crippen molar-refractivity contribution in [1.82, 2.24) is 9.80 Å². The molecule has 1 saturated carbocycles. The summed E-state index contributed by atoms with van der Waals surface area (Å²) in [5, 5.41) is 1.93. The standard InChI is InChI=1S/C23H29FN2OS/c1-25(23(27)22-10-5-15-28-22)21(16-18-6-2-3-9-20(18)24)17-11-13-26(14-12-17)19-7-4-8-19/h2-3,5-6,9-10,15,17,19,21H,4,7-8,11-14,16H2,1H3. The van der Waals surface area contributed by atoms with Crippen molar-refractivity contribution in [3.63, 3.8) is 0 Å². The normalized spacial score (nSPS) is 19.9. The van der Waals surface area contributed by atoms with Crippen molar-refractivity contribution in [2.24, 2.45) is 5.92 Å². The Morgan fingerprint density at radius 2 is 1.93 bits per heavy atom. The van der Waals surface area contributed by atoms with E-state index in [0.717, 1.165) is 36.9 Å². The zero-order chi connectivity index (χ0) is 19.5. The van der Waals surface area contributed by atoms with Crippen molar-refractivity contribution in [2.75, 3.05) is 20.1 Å². The Balaban J connectivity index is 1.51. The fraction of sp³-hybridized carbons (Fsp3) is 0.522. The number of hydrogen-bond acceptors (Lipinski definition) is 3. The summed E-state index contributed by atoms with van der Waals surface area (Å²) in [6.07, 6.45) is 6.77. The second-order valence-electron chi connectivity index (χ2n) is 8.21. The summed E-state index contributed by atoms with van der Waals surface area (Å²) in [4.78, 5) is 18.3. The molecule has 1 atom stereocenters. The molecule has 1 amide bonds. The fourth-order valence-corrected chi connectivity index (χ4v) is 5.36. The minimum atomic E-state index is -0.170. The lowest BCUT2D eigenvalue weighted by molar-refractivity contribution is 0.0446. The van der Waals surface area contributed by atoms with Gasteiger partial charge in [-0.25, -0.2) is 4.39 Å². The second-order valence-corrected chi connectivity index (χ2v) is 9.16. The molecule has 1 unspecified atom stereocenters. The third-order valence-electron chi connectivity index (χ3n) is 6.65. The molecule has 0 N–H and O–H groups in total. The second kappa shape index (κ2) is 8.75. The molecule has 2 heterocycles. The SMILES string of the molecule is CN(C(=O)c1cccs1)C(Cc1ccccc1F)C1CCN(C2CCC2)CC1. The number of carbonyl (C=O) groups is 1. The van der Waals surface area contributed by atoms with Gasteiger partial charge in [0.05, 0.1) is 4.88 Å². The molecule has 2 fully saturated rings. The lowest BCUT2D eigenvalue weighted by Crippen LogP contribution is -2.50. The highest BCUT2D eigenvalue weighted by atomic mass is 32.1. The zero-order valence-corrected chi connectivity index (χ0v) is 17.3. The maximum atomic E-state index is 14.4. The van der Waals surface area contributed by atoms with Crippen molar-refractivity contribution in [1.29, 1.82) is 0 Å². The van der Waals surface area contributed by atoms with Crippen LogP contribution in [0.5, 0.6) is 0 Å². The highest BCUT2D eigenvalue weighted by Crippen LogP contribution is 2.32. The molecule has 150 valence electrons. The van der Waals surface area contributed by atoms with Crippen LogP contribution in [0.1, 0.15) is 47.3 Å². The van der Waals surface area contributed by atoms with Crippen LogP contribution in [0, 0.1) is 11.7 Å². The molecule has 2 aromatic rings. The van der Waals surface area contributed by atoms with Crippen LogP contribution >= 0.6 is 11.3 Å². The van der Waals surface area contributed by atoms with E-state index in [0.29, 0.717) is 17.9 Å². The van der Waals surface area contributed by atoms with E-state index in [1.54, 1.807) is 6.07 Å². The number of nitrogens with zero attached hydrogens (tertiary/aromatic N) is 2. The number of thiophene rings is 1. The van der Waals surface area contributed by atoms with Gasteiger partial charge in [0.1, 0.15) is 5.82 Å². The van der Waals surface area contributed by atoms with Gasteiger partial charge in [-0.15, -0.1) is 11.3 Å². The summed E-state index contributed by atoms with van der Waals surface area (Å²) in [5.41, 5.74) is 0.708.